The number of hydrogen-bond acceptors (Lipinski definition) is 4. The van der Waals surface area contributed by atoms with E-state index < -0.39 is 0 Å². The molecule has 0 spiro atoms. The molecule has 1 aliphatic rings. The highest BCUT2D eigenvalue weighted by molar-refractivity contribution is 5.94. The van der Waals surface area contributed by atoms with Gasteiger partial charge in [-0.25, -0.2) is 0 Å². The number of morpholine rings is 1. The van der Waals surface area contributed by atoms with E-state index in [-0.39, 0.29) is 24.0 Å². The van der Waals surface area contributed by atoms with E-state index in [2.05, 4.69) is 24.1 Å². The fraction of sp³-hybridized carbons (Fsp3) is 0.417. The van der Waals surface area contributed by atoms with Crippen molar-refractivity contribution in [2.75, 3.05) is 32.8 Å². The molecule has 1 saturated heterocycles. The number of carbonyl (C=O) groups excluding carboxylic acids is 1. The van der Waals surface area contributed by atoms with Crippen molar-refractivity contribution in [2.45, 2.75) is 26.5 Å². The third kappa shape index (κ3) is 4.40. The van der Waals surface area contributed by atoms with Crippen LogP contribution in [0.4, 0.5) is 0 Å². The van der Waals surface area contributed by atoms with E-state index in [0.29, 0.717) is 29.8 Å². The highest BCUT2D eigenvalue weighted by atomic mass is 16.5. The summed E-state index contributed by atoms with van der Waals surface area (Å²) in [5.41, 5.74) is 1.54. The van der Waals surface area contributed by atoms with Crippen LogP contribution in [0.15, 0.2) is 53.3 Å². The fourth-order valence-electron chi connectivity index (χ4n) is 4.26. The van der Waals surface area contributed by atoms with Crippen LogP contribution in [0, 0.1) is 5.92 Å². The van der Waals surface area contributed by atoms with Gasteiger partial charge in [-0.3, -0.25) is 14.5 Å². The molecule has 1 aromatic heterocycles. The van der Waals surface area contributed by atoms with Gasteiger partial charge in [-0.15, -0.1) is 0 Å². The van der Waals surface area contributed by atoms with Gasteiger partial charge in [0, 0.05) is 37.0 Å². The topological polar surface area (TPSA) is 63.6 Å². The number of nitrogens with one attached hydrogen (secondary N) is 1. The molecule has 0 saturated carbocycles. The van der Waals surface area contributed by atoms with Gasteiger partial charge in [-0.05, 0) is 30.2 Å². The van der Waals surface area contributed by atoms with Crippen LogP contribution in [-0.2, 0) is 16.1 Å². The number of carbonyl (C=O) groups is 1. The summed E-state index contributed by atoms with van der Waals surface area (Å²) in [5.74, 6) is 0.527. The Morgan fingerprint density at radius 2 is 1.73 bits per heavy atom. The lowest BCUT2D eigenvalue weighted by Gasteiger charge is -2.34. The standard InChI is InChI=1S/C24H29N3O3/c1-17(2)14-26-11-12-30-18(15-26)13-25-23(28)16-27-21-9-5-3-7-19(21)24(29)20-8-4-6-10-22(20)27/h3-10,17-18H,11-16H2,1-2H3,(H,25,28). The summed E-state index contributed by atoms with van der Waals surface area (Å²) >= 11 is 0. The van der Waals surface area contributed by atoms with Gasteiger partial charge in [0.15, 0.2) is 5.43 Å². The molecule has 1 amide bonds. The average molecular weight is 408 g/mol. The van der Waals surface area contributed by atoms with Crippen LogP contribution in [0.3, 0.4) is 0 Å². The van der Waals surface area contributed by atoms with Gasteiger partial charge in [0.1, 0.15) is 6.54 Å². The van der Waals surface area contributed by atoms with Gasteiger partial charge in [-0.2, -0.15) is 0 Å². The molecule has 1 aliphatic heterocycles. The maximum atomic E-state index is 12.8. The van der Waals surface area contributed by atoms with Gasteiger partial charge in [-0.1, -0.05) is 38.1 Å². The van der Waals surface area contributed by atoms with Crippen LogP contribution < -0.4 is 10.7 Å². The number of ether oxygens (including phenoxy) is 1. The van der Waals surface area contributed by atoms with E-state index in [9.17, 15) is 9.59 Å². The predicted molar refractivity (Wildman–Crippen MR) is 120 cm³/mol. The van der Waals surface area contributed by atoms with Crippen molar-refractivity contribution in [1.29, 1.82) is 0 Å². The van der Waals surface area contributed by atoms with E-state index >= 15 is 0 Å². The first-order valence-corrected chi connectivity index (χ1v) is 10.6. The summed E-state index contributed by atoms with van der Waals surface area (Å²) < 4.78 is 7.77. The number of benzene rings is 2. The molecule has 30 heavy (non-hydrogen) atoms. The summed E-state index contributed by atoms with van der Waals surface area (Å²) in [7, 11) is 0. The van der Waals surface area contributed by atoms with Crippen molar-refractivity contribution in [1.82, 2.24) is 14.8 Å². The van der Waals surface area contributed by atoms with Crippen LogP contribution >= 0.6 is 0 Å². The van der Waals surface area contributed by atoms with Gasteiger partial charge in [0.25, 0.3) is 0 Å². The lowest BCUT2D eigenvalue weighted by atomic mass is 10.1. The average Bonchev–Trinajstić information content (AvgIpc) is 2.75. The second-order valence-electron chi connectivity index (χ2n) is 8.40. The Hall–Kier alpha value is -2.70. The number of aromatic nitrogens is 1. The summed E-state index contributed by atoms with van der Waals surface area (Å²) in [6, 6.07) is 14.9. The first kappa shape index (κ1) is 20.6. The molecule has 1 N–H and O–H groups in total. The molecule has 0 aliphatic carbocycles. The Balaban J connectivity index is 1.51. The predicted octanol–water partition coefficient (Wildman–Crippen LogP) is 2.63. The van der Waals surface area contributed by atoms with Crippen molar-refractivity contribution in [3.63, 3.8) is 0 Å². The summed E-state index contributed by atoms with van der Waals surface area (Å²) in [6.07, 6.45) is 0.00366. The zero-order valence-corrected chi connectivity index (χ0v) is 17.6. The molecule has 2 heterocycles. The van der Waals surface area contributed by atoms with Crippen LogP contribution in [0.5, 0.6) is 0 Å². The Bertz CT molecular complexity index is 1050. The number of hydrogen-bond donors (Lipinski definition) is 1. The third-order valence-corrected chi connectivity index (χ3v) is 5.55. The summed E-state index contributed by atoms with van der Waals surface area (Å²) in [5, 5.41) is 4.29. The number of amides is 1. The molecule has 1 unspecified atom stereocenters. The van der Waals surface area contributed by atoms with Crippen molar-refractivity contribution in [2.24, 2.45) is 5.92 Å². The molecule has 4 rings (SSSR count). The smallest absolute Gasteiger partial charge is 0.240 e. The zero-order chi connectivity index (χ0) is 21.1. The molecule has 2 aromatic carbocycles. The SMILES string of the molecule is CC(C)CN1CCOC(CNC(=O)Cn2c3ccccc3c(=O)c3ccccc32)C1. The molecule has 1 atom stereocenters. The Kier molecular flexibility index (Phi) is 6.16. The number of fused-ring (bicyclic) bond motifs is 2. The second-order valence-corrected chi connectivity index (χ2v) is 8.40. The van der Waals surface area contributed by atoms with Crippen molar-refractivity contribution < 1.29 is 9.53 Å². The van der Waals surface area contributed by atoms with Gasteiger partial charge >= 0.3 is 0 Å². The number of para-hydroxylation sites is 2. The monoisotopic (exact) mass is 407 g/mol. The lowest BCUT2D eigenvalue weighted by molar-refractivity contribution is -0.122. The minimum atomic E-state index is -0.0847. The number of nitrogens with zero attached hydrogens (tertiary/aromatic N) is 2. The minimum Gasteiger partial charge on any atom is -0.374 e. The van der Waals surface area contributed by atoms with Crippen LogP contribution in [0.1, 0.15) is 13.8 Å². The van der Waals surface area contributed by atoms with E-state index in [1.807, 2.05) is 53.1 Å². The van der Waals surface area contributed by atoms with Gasteiger partial charge < -0.3 is 14.6 Å². The van der Waals surface area contributed by atoms with Crippen molar-refractivity contribution in [3.8, 4) is 0 Å². The first-order valence-electron chi connectivity index (χ1n) is 10.6. The highest BCUT2D eigenvalue weighted by Gasteiger charge is 2.21. The van der Waals surface area contributed by atoms with E-state index in [1.54, 1.807) is 0 Å². The van der Waals surface area contributed by atoms with Crippen molar-refractivity contribution in [3.05, 3.63) is 58.8 Å². The molecule has 6 heteroatoms. The lowest BCUT2D eigenvalue weighted by Crippen LogP contribution is -2.48. The Morgan fingerprint density at radius 1 is 1.10 bits per heavy atom. The highest BCUT2D eigenvalue weighted by Crippen LogP contribution is 2.19. The van der Waals surface area contributed by atoms with Gasteiger partial charge in [0.05, 0.1) is 23.7 Å². The maximum absolute atomic E-state index is 12.8. The quantitative estimate of drug-likeness (QED) is 0.638. The largest absolute Gasteiger partial charge is 0.374 e. The summed E-state index contributed by atoms with van der Waals surface area (Å²) in [6.45, 7) is 8.59. The summed E-state index contributed by atoms with van der Waals surface area (Å²) in [4.78, 5) is 28.0. The zero-order valence-electron chi connectivity index (χ0n) is 17.6. The molecule has 158 valence electrons. The van der Waals surface area contributed by atoms with Crippen LogP contribution in [-0.4, -0.2) is 54.3 Å². The third-order valence-electron chi connectivity index (χ3n) is 5.55. The fourth-order valence-corrected chi connectivity index (χ4v) is 4.26. The van der Waals surface area contributed by atoms with Crippen molar-refractivity contribution >= 4 is 27.7 Å². The number of pyridine rings is 1. The minimum absolute atomic E-state index is 0.00120. The van der Waals surface area contributed by atoms with E-state index in [1.165, 1.54) is 0 Å². The molecule has 6 nitrogen and oxygen atoms in total. The first-order chi connectivity index (χ1) is 14.5. The maximum Gasteiger partial charge on any atom is 0.240 e. The molecule has 0 radical (unpaired) electrons. The molecule has 3 aromatic rings. The van der Waals surface area contributed by atoms with E-state index in [0.717, 1.165) is 30.7 Å². The van der Waals surface area contributed by atoms with Crippen LogP contribution in [0.25, 0.3) is 21.8 Å². The number of rotatable bonds is 6. The van der Waals surface area contributed by atoms with Crippen LogP contribution in [0.2, 0.25) is 0 Å². The molecular weight excluding hydrogens is 378 g/mol. The Labute approximate surface area is 176 Å². The Morgan fingerprint density at radius 3 is 2.37 bits per heavy atom. The van der Waals surface area contributed by atoms with E-state index in [4.69, 9.17) is 4.74 Å². The second kappa shape index (κ2) is 8.98. The molecule has 0 bridgehead atoms. The molecular formula is C24H29N3O3. The molecule has 1 fully saturated rings. The normalized spacial score (nSPS) is 17.6. The van der Waals surface area contributed by atoms with Gasteiger partial charge in [0.2, 0.25) is 5.91 Å².